The largest absolute Gasteiger partial charge is 0.733 e. The molecule has 6 rings (SSSR count). The highest BCUT2D eigenvalue weighted by molar-refractivity contribution is 5.96. The highest BCUT2D eigenvalue weighted by Crippen LogP contribution is 2.36. The zero-order valence-electron chi connectivity index (χ0n) is 19.8. The first kappa shape index (κ1) is 22.6. The molecule has 186 valence electrons. The van der Waals surface area contributed by atoms with Crippen molar-refractivity contribution < 1.29 is 18.8 Å². The number of hydrogen-bond acceptors (Lipinski definition) is 8. The fourth-order valence-electron chi connectivity index (χ4n) is 5.79. The summed E-state index contributed by atoms with van der Waals surface area (Å²) >= 11 is 0. The van der Waals surface area contributed by atoms with Gasteiger partial charge in [-0.15, -0.1) is 0 Å². The summed E-state index contributed by atoms with van der Waals surface area (Å²) in [4.78, 5) is 40.6. The van der Waals surface area contributed by atoms with Crippen LogP contribution in [0.2, 0.25) is 0 Å². The lowest BCUT2D eigenvalue weighted by Gasteiger charge is -2.43. The first-order chi connectivity index (χ1) is 17.2. The molecule has 1 N–H and O–H groups in total. The number of carbonyl (C=O) groups is 1. The number of carbonyl (C=O) groups excluding carboxylic acids is 1. The number of aromatic nitrogens is 1. The SMILES string of the molecule is Cc1coc2cc3oc(=O)c(CC(=O)N4C[C@H]5C[C@@H](C4)c4ccc(N([O-])O)c(=O)n4C5)c(C)c3cc12. The molecule has 2 bridgehead atoms. The maximum Gasteiger partial charge on any atom is 0.340 e. The van der Waals surface area contributed by atoms with Crippen LogP contribution in [0.1, 0.15) is 34.7 Å². The van der Waals surface area contributed by atoms with Gasteiger partial charge >= 0.3 is 5.63 Å². The Bertz CT molecular complexity index is 1660. The number of pyridine rings is 1. The molecule has 36 heavy (non-hydrogen) atoms. The van der Waals surface area contributed by atoms with E-state index in [4.69, 9.17) is 8.83 Å². The molecule has 5 heterocycles. The van der Waals surface area contributed by atoms with Crippen molar-refractivity contribution in [1.82, 2.24) is 9.47 Å². The third-order valence-corrected chi connectivity index (χ3v) is 7.65. The molecule has 3 aromatic heterocycles. The van der Waals surface area contributed by atoms with E-state index in [0.717, 1.165) is 28.5 Å². The molecule has 10 heteroatoms. The van der Waals surface area contributed by atoms with Crippen molar-refractivity contribution in [1.29, 1.82) is 0 Å². The molecule has 1 amide bonds. The minimum Gasteiger partial charge on any atom is -0.733 e. The summed E-state index contributed by atoms with van der Waals surface area (Å²) in [6, 6.07) is 6.61. The van der Waals surface area contributed by atoms with E-state index >= 15 is 0 Å². The summed E-state index contributed by atoms with van der Waals surface area (Å²) in [5, 5.41) is 21.8. The quantitative estimate of drug-likeness (QED) is 0.342. The lowest BCUT2D eigenvalue weighted by Crippen LogP contribution is -2.50. The summed E-state index contributed by atoms with van der Waals surface area (Å²) in [6.45, 7) is 4.97. The Morgan fingerprint density at radius 1 is 1.14 bits per heavy atom. The molecule has 2 atom stereocenters. The molecule has 2 aliphatic rings. The predicted molar refractivity (Wildman–Crippen MR) is 131 cm³/mol. The zero-order chi connectivity index (χ0) is 25.3. The Kier molecular flexibility index (Phi) is 5.06. The van der Waals surface area contributed by atoms with Crippen LogP contribution < -0.4 is 16.4 Å². The van der Waals surface area contributed by atoms with Crippen molar-refractivity contribution in [3.63, 3.8) is 0 Å². The maximum absolute atomic E-state index is 13.4. The molecule has 0 unspecified atom stereocenters. The van der Waals surface area contributed by atoms with E-state index in [1.54, 1.807) is 23.3 Å². The van der Waals surface area contributed by atoms with Crippen molar-refractivity contribution in [2.75, 3.05) is 18.3 Å². The van der Waals surface area contributed by atoms with Gasteiger partial charge in [-0.2, -0.15) is 0 Å². The highest BCUT2D eigenvalue weighted by atomic mass is 16.8. The van der Waals surface area contributed by atoms with Gasteiger partial charge in [0.05, 0.1) is 18.2 Å². The zero-order valence-corrected chi connectivity index (χ0v) is 19.8. The number of hydrogen-bond donors (Lipinski definition) is 1. The van der Waals surface area contributed by atoms with Crippen LogP contribution in [0.3, 0.4) is 0 Å². The molecule has 0 radical (unpaired) electrons. The summed E-state index contributed by atoms with van der Waals surface area (Å²) in [5.74, 6) is -0.222. The number of anilines is 1. The summed E-state index contributed by atoms with van der Waals surface area (Å²) in [5.41, 5.74) is 2.42. The monoisotopic (exact) mass is 490 g/mol. The van der Waals surface area contributed by atoms with Crippen LogP contribution >= 0.6 is 0 Å². The number of aryl methyl sites for hydroxylation is 2. The number of nitrogens with zero attached hydrogens (tertiary/aromatic N) is 3. The highest BCUT2D eigenvalue weighted by Gasteiger charge is 2.37. The van der Waals surface area contributed by atoms with Gasteiger partial charge in [0.25, 0.3) is 5.56 Å². The Morgan fingerprint density at radius 2 is 1.94 bits per heavy atom. The lowest BCUT2D eigenvalue weighted by atomic mass is 9.83. The van der Waals surface area contributed by atoms with Crippen LogP contribution in [0.15, 0.2) is 49.0 Å². The van der Waals surface area contributed by atoms with Crippen LogP contribution in [0, 0.1) is 25.0 Å². The third kappa shape index (κ3) is 3.44. The average molecular weight is 490 g/mol. The fourth-order valence-corrected chi connectivity index (χ4v) is 5.79. The third-order valence-electron chi connectivity index (χ3n) is 7.65. The summed E-state index contributed by atoms with van der Waals surface area (Å²) in [6.07, 6.45) is 2.40. The van der Waals surface area contributed by atoms with E-state index in [0.29, 0.717) is 41.9 Å². The molecular weight excluding hydrogens is 466 g/mol. The molecule has 1 aromatic carbocycles. The van der Waals surface area contributed by atoms with Crippen molar-refractivity contribution in [3.8, 4) is 0 Å². The van der Waals surface area contributed by atoms with Crippen LogP contribution in [-0.2, 0) is 17.8 Å². The van der Waals surface area contributed by atoms with Gasteiger partial charge in [-0.3, -0.25) is 14.8 Å². The van der Waals surface area contributed by atoms with Gasteiger partial charge in [0.2, 0.25) is 5.91 Å². The summed E-state index contributed by atoms with van der Waals surface area (Å²) in [7, 11) is 0. The first-order valence-electron chi connectivity index (χ1n) is 11.8. The Balaban J connectivity index is 1.30. The standard InChI is InChI=1S/C26H24N3O7/c1-13-12-35-22-8-23-18(6-17(13)22)14(2)19(26(32)36-23)7-24(30)27-9-15-5-16(11-27)20-3-4-21(29(33)34)25(31)28(20)10-15/h3-4,6,8,12,15-16,33H,5,7,9-11H2,1-2H3/q-1/t15-,16+/m1/s1. The molecule has 2 aliphatic heterocycles. The number of amides is 1. The van der Waals surface area contributed by atoms with Crippen LogP contribution in [-0.4, -0.2) is 33.7 Å². The second kappa shape index (κ2) is 8.07. The van der Waals surface area contributed by atoms with Gasteiger partial charge in [-0.05, 0) is 55.5 Å². The second-order valence-corrected chi connectivity index (χ2v) is 9.86. The topological polar surface area (TPSA) is 132 Å². The van der Waals surface area contributed by atoms with Crippen molar-refractivity contribution in [2.45, 2.75) is 39.2 Å². The molecule has 10 nitrogen and oxygen atoms in total. The summed E-state index contributed by atoms with van der Waals surface area (Å²) < 4.78 is 12.6. The minimum absolute atomic E-state index is 0.0263. The Hall–Kier alpha value is -3.89. The molecule has 0 aliphatic carbocycles. The van der Waals surface area contributed by atoms with E-state index in [9.17, 15) is 24.8 Å². The van der Waals surface area contributed by atoms with E-state index in [-0.39, 0.29) is 29.9 Å². The lowest BCUT2D eigenvalue weighted by molar-refractivity contribution is -0.133. The van der Waals surface area contributed by atoms with Crippen LogP contribution in [0.4, 0.5) is 5.69 Å². The van der Waals surface area contributed by atoms with Gasteiger partial charge < -0.3 is 28.7 Å². The van der Waals surface area contributed by atoms with Crippen molar-refractivity contribution >= 4 is 33.5 Å². The Labute approximate surface area is 204 Å². The first-order valence-corrected chi connectivity index (χ1v) is 11.8. The number of piperidine rings is 1. The van der Waals surface area contributed by atoms with Crippen molar-refractivity contribution in [3.05, 3.63) is 78.9 Å². The van der Waals surface area contributed by atoms with Gasteiger partial charge in [0.1, 0.15) is 16.9 Å². The normalized spacial score (nSPS) is 19.1. The van der Waals surface area contributed by atoms with Gasteiger partial charge in [-0.25, -0.2) is 4.79 Å². The Morgan fingerprint density at radius 3 is 2.72 bits per heavy atom. The van der Waals surface area contributed by atoms with Crippen LogP contribution in [0.25, 0.3) is 21.9 Å². The van der Waals surface area contributed by atoms with E-state index < -0.39 is 16.4 Å². The van der Waals surface area contributed by atoms with Gasteiger partial charge in [-0.1, -0.05) is 0 Å². The predicted octanol–water partition coefficient (Wildman–Crippen LogP) is 3.20. The molecular formula is C26H24N3O7-. The number of benzene rings is 1. The van der Waals surface area contributed by atoms with Gasteiger partial charge in [0.15, 0.2) is 0 Å². The molecule has 1 saturated heterocycles. The molecule has 1 fully saturated rings. The maximum atomic E-state index is 13.4. The number of rotatable bonds is 3. The van der Waals surface area contributed by atoms with E-state index in [1.165, 1.54) is 10.6 Å². The molecule has 0 saturated carbocycles. The van der Waals surface area contributed by atoms with E-state index in [2.05, 4.69) is 0 Å². The average Bonchev–Trinajstić information content (AvgIpc) is 3.20. The van der Waals surface area contributed by atoms with Crippen molar-refractivity contribution in [2.24, 2.45) is 5.92 Å². The van der Waals surface area contributed by atoms with Crippen LogP contribution in [0.5, 0.6) is 0 Å². The number of furan rings is 1. The molecule has 4 aromatic rings. The minimum atomic E-state index is -0.538. The molecule has 0 spiro atoms. The van der Waals surface area contributed by atoms with E-state index in [1.807, 2.05) is 19.9 Å². The number of fused-ring (bicyclic) bond motifs is 6. The second-order valence-electron chi connectivity index (χ2n) is 9.86. The number of likely N-dealkylation sites (tertiary alicyclic amines) is 1. The smallest absolute Gasteiger partial charge is 0.340 e. The van der Waals surface area contributed by atoms with Gasteiger partial charge in [0, 0.05) is 48.1 Å². The fraction of sp³-hybridized carbons (Fsp3) is 0.346.